The molecule has 0 unspecified atom stereocenters. The molecule has 138 valence electrons. The van der Waals surface area contributed by atoms with Gasteiger partial charge in [0.05, 0.1) is 4.88 Å². The molecule has 2 aromatic carbocycles. The first-order chi connectivity index (χ1) is 13.1. The highest BCUT2D eigenvalue weighted by Crippen LogP contribution is 2.30. The molecule has 0 radical (unpaired) electrons. The van der Waals surface area contributed by atoms with Crippen LogP contribution in [0.4, 0.5) is 5.69 Å². The van der Waals surface area contributed by atoms with Crippen molar-refractivity contribution in [3.63, 3.8) is 0 Å². The molecule has 1 aliphatic rings. The van der Waals surface area contributed by atoms with Crippen molar-refractivity contribution < 1.29 is 9.90 Å². The van der Waals surface area contributed by atoms with E-state index in [1.165, 1.54) is 16.9 Å². The van der Waals surface area contributed by atoms with Crippen LogP contribution in [0.1, 0.15) is 15.2 Å². The minimum atomic E-state index is 0.117. The zero-order valence-corrected chi connectivity index (χ0v) is 16.1. The highest BCUT2D eigenvalue weighted by Gasteiger charge is 2.25. The Labute approximate surface area is 163 Å². The molecule has 1 aliphatic heterocycles. The summed E-state index contributed by atoms with van der Waals surface area (Å²) in [6.45, 7) is 5.05. The molecule has 0 aliphatic carbocycles. The Hall–Kier alpha value is -2.79. The van der Waals surface area contributed by atoms with Crippen LogP contribution in [0.3, 0.4) is 0 Å². The van der Waals surface area contributed by atoms with E-state index in [4.69, 9.17) is 0 Å². The SMILES string of the molecule is Cc1ccc(-c2ccsc2C(=O)N2CCN(c3ccc(O)cc3)CC2)cc1. The van der Waals surface area contributed by atoms with Crippen molar-refractivity contribution in [3.05, 3.63) is 70.4 Å². The maximum absolute atomic E-state index is 13.1. The van der Waals surface area contributed by atoms with E-state index in [1.54, 1.807) is 12.1 Å². The van der Waals surface area contributed by atoms with Gasteiger partial charge in [-0.15, -0.1) is 11.3 Å². The number of aromatic hydroxyl groups is 1. The number of hydrogen-bond acceptors (Lipinski definition) is 4. The summed E-state index contributed by atoms with van der Waals surface area (Å²) in [7, 11) is 0. The van der Waals surface area contributed by atoms with Crippen LogP contribution < -0.4 is 4.90 Å². The van der Waals surface area contributed by atoms with Crippen molar-refractivity contribution in [3.8, 4) is 16.9 Å². The molecule has 1 fully saturated rings. The van der Waals surface area contributed by atoms with Crippen molar-refractivity contribution in [1.29, 1.82) is 0 Å². The molecule has 1 saturated heterocycles. The Bertz CT molecular complexity index is 924. The minimum absolute atomic E-state index is 0.117. The Morgan fingerprint density at radius 2 is 1.59 bits per heavy atom. The van der Waals surface area contributed by atoms with Crippen LogP contribution in [0.15, 0.2) is 60.0 Å². The summed E-state index contributed by atoms with van der Waals surface area (Å²) >= 11 is 1.52. The van der Waals surface area contributed by atoms with Gasteiger partial charge >= 0.3 is 0 Å². The van der Waals surface area contributed by atoms with Gasteiger partial charge in [0.25, 0.3) is 5.91 Å². The third kappa shape index (κ3) is 3.69. The predicted octanol–water partition coefficient (Wildman–Crippen LogP) is 4.39. The van der Waals surface area contributed by atoms with Crippen LogP contribution in [0.2, 0.25) is 0 Å². The summed E-state index contributed by atoms with van der Waals surface area (Å²) in [6.07, 6.45) is 0. The van der Waals surface area contributed by atoms with Crippen molar-refractivity contribution in [2.45, 2.75) is 6.92 Å². The van der Waals surface area contributed by atoms with Crippen molar-refractivity contribution in [2.24, 2.45) is 0 Å². The summed E-state index contributed by atoms with van der Waals surface area (Å²) in [5.41, 5.74) is 4.41. The summed E-state index contributed by atoms with van der Waals surface area (Å²) < 4.78 is 0. The van der Waals surface area contributed by atoms with E-state index in [1.807, 2.05) is 28.5 Å². The van der Waals surface area contributed by atoms with E-state index >= 15 is 0 Å². The van der Waals surface area contributed by atoms with Gasteiger partial charge in [0.2, 0.25) is 0 Å². The van der Waals surface area contributed by atoms with Gasteiger partial charge in [0.1, 0.15) is 5.75 Å². The molecule has 4 rings (SSSR count). The maximum Gasteiger partial charge on any atom is 0.264 e. The Morgan fingerprint density at radius 3 is 2.26 bits per heavy atom. The lowest BCUT2D eigenvalue weighted by Gasteiger charge is -2.36. The van der Waals surface area contributed by atoms with Gasteiger partial charge in [0, 0.05) is 37.4 Å². The summed E-state index contributed by atoms with van der Waals surface area (Å²) in [5.74, 6) is 0.389. The number of thiophene rings is 1. The van der Waals surface area contributed by atoms with Crippen molar-refractivity contribution >= 4 is 22.9 Å². The number of carbonyl (C=O) groups is 1. The average Bonchev–Trinajstić information content (AvgIpc) is 3.18. The number of phenols is 1. The molecule has 0 spiro atoms. The molecule has 0 bridgehead atoms. The quantitative estimate of drug-likeness (QED) is 0.735. The van der Waals surface area contributed by atoms with Crippen LogP contribution in [-0.2, 0) is 0 Å². The standard InChI is InChI=1S/C22H22N2O2S/c1-16-2-4-17(5-3-16)20-10-15-27-21(20)22(26)24-13-11-23(12-14-24)18-6-8-19(25)9-7-18/h2-10,15,25H,11-14H2,1H3. The van der Waals surface area contributed by atoms with Crippen LogP contribution in [0.25, 0.3) is 11.1 Å². The smallest absolute Gasteiger partial charge is 0.264 e. The van der Waals surface area contributed by atoms with Crippen molar-refractivity contribution in [2.75, 3.05) is 31.1 Å². The van der Waals surface area contributed by atoms with Gasteiger partial charge in [-0.25, -0.2) is 0 Å². The minimum Gasteiger partial charge on any atom is -0.508 e. The second-order valence-corrected chi connectivity index (χ2v) is 7.74. The fourth-order valence-electron chi connectivity index (χ4n) is 3.41. The average molecular weight is 378 g/mol. The Morgan fingerprint density at radius 1 is 0.926 bits per heavy atom. The molecule has 2 heterocycles. The molecule has 0 atom stereocenters. The van der Waals surface area contributed by atoms with Gasteiger partial charge in [-0.3, -0.25) is 4.79 Å². The van der Waals surface area contributed by atoms with Gasteiger partial charge in [-0.05, 0) is 48.2 Å². The highest BCUT2D eigenvalue weighted by atomic mass is 32.1. The number of carbonyl (C=O) groups excluding carboxylic acids is 1. The largest absolute Gasteiger partial charge is 0.508 e. The van der Waals surface area contributed by atoms with Crippen LogP contribution in [0.5, 0.6) is 5.75 Å². The second kappa shape index (κ2) is 7.45. The monoisotopic (exact) mass is 378 g/mol. The molecular formula is C22H22N2O2S. The molecule has 1 amide bonds. The fourth-order valence-corrected chi connectivity index (χ4v) is 4.29. The van der Waals surface area contributed by atoms with E-state index in [9.17, 15) is 9.90 Å². The normalized spacial score (nSPS) is 14.4. The number of hydrogen-bond donors (Lipinski definition) is 1. The summed E-state index contributed by atoms with van der Waals surface area (Å²) in [4.78, 5) is 18.1. The first-order valence-electron chi connectivity index (χ1n) is 9.09. The Kier molecular flexibility index (Phi) is 4.86. The van der Waals surface area contributed by atoms with Crippen molar-refractivity contribution in [1.82, 2.24) is 4.90 Å². The summed E-state index contributed by atoms with van der Waals surface area (Å²) in [5, 5.41) is 11.4. The molecule has 1 aromatic heterocycles. The van der Waals surface area contributed by atoms with Gasteiger partial charge in [-0.2, -0.15) is 0 Å². The van der Waals surface area contributed by atoms with E-state index in [2.05, 4.69) is 36.1 Å². The zero-order chi connectivity index (χ0) is 18.8. The molecule has 27 heavy (non-hydrogen) atoms. The second-order valence-electron chi connectivity index (χ2n) is 6.83. The third-order valence-corrected chi connectivity index (χ3v) is 5.91. The van der Waals surface area contributed by atoms with Gasteiger partial charge in [-0.1, -0.05) is 29.8 Å². The van der Waals surface area contributed by atoms with E-state index in [-0.39, 0.29) is 11.7 Å². The van der Waals surface area contributed by atoms with E-state index < -0.39 is 0 Å². The first-order valence-corrected chi connectivity index (χ1v) is 9.97. The fraction of sp³-hybridized carbons (Fsp3) is 0.227. The predicted molar refractivity (Wildman–Crippen MR) is 111 cm³/mol. The molecule has 0 saturated carbocycles. The van der Waals surface area contributed by atoms with Gasteiger partial charge in [0.15, 0.2) is 0 Å². The van der Waals surface area contributed by atoms with Crippen LogP contribution in [0, 0.1) is 6.92 Å². The topological polar surface area (TPSA) is 43.8 Å². The number of amides is 1. The molecule has 3 aromatic rings. The lowest BCUT2D eigenvalue weighted by Crippen LogP contribution is -2.48. The molecule has 4 nitrogen and oxygen atoms in total. The van der Waals surface area contributed by atoms with E-state index in [0.29, 0.717) is 13.1 Å². The molecule has 5 heteroatoms. The maximum atomic E-state index is 13.1. The highest BCUT2D eigenvalue weighted by molar-refractivity contribution is 7.12. The number of piperazine rings is 1. The number of phenolic OH excluding ortho intramolecular Hbond substituents is 1. The zero-order valence-electron chi connectivity index (χ0n) is 15.3. The number of aryl methyl sites for hydroxylation is 1. The number of nitrogens with zero attached hydrogens (tertiary/aromatic N) is 2. The lowest BCUT2D eigenvalue weighted by atomic mass is 10.0. The van der Waals surface area contributed by atoms with Crippen LogP contribution >= 0.6 is 11.3 Å². The summed E-state index contributed by atoms with van der Waals surface area (Å²) in [6, 6.07) is 17.6. The van der Waals surface area contributed by atoms with E-state index in [0.717, 1.165) is 34.8 Å². The third-order valence-electron chi connectivity index (χ3n) is 5.00. The number of rotatable bonds is 3. The Balaban J connectivity index is 1.46. The lowest BCUT2D eigenvalue weighted by molar-refractivity contribution is 0.0752. The molecular weight excluding hydrogens is 356 g/mol. The number of benzene rings is 2. The first kappa shape index (κ1) is 17.6. The van der Waals surface area contributed by atoms with Gasteiger partial charge < -0.3 is 14.9 Å². The molecule has 1 N–H and O–H groups in total. The number of anilines is 1. The van der Waals surface area contributed by atoms with Crippen LogP contribution in [-0.4, -0.2) is 42.1 Å².